The molecular formula is C12H12O5S. The molecule has 18 heavy (non-hydrogen) atoms. The highest BCUT2D eigenvalue weighted by Crippen LogP contribution is 2.30. The van der Waals surface area contributed by atoms with Crippen LogP contribution in [0.15, 0.2) is 18.2 Å². The van der Waals surface area contributed by atoms with E-state index in [9.17, 15) is 13.2 Å². The molecule has 0 spiro atoms. The Balaban J connectivity index is 1.77. The van der Waals surface area contributed by atoms with E-state index in [2.05, 4.69) is 0 Å². The number of carbonyl (C=O) groups is 1. The fourth-order valence-electron chi connectivity index (χ4n) is 2.19. The topological polar surface area (TPSA) is 69.7 Å². The largest absolute Gasteiger partial charge is 0.489 e. The van der Waals surface area contributed by atoms with Crippen LogP contribution in [-0.2, 0) is 9.84 Å². The van der Waals surface area contributed by atoms with Gasteiger partial charge < -0.3 is 9.47 Å². The fraction of sp³-hybridized carbons (Fsp3) is 0.417. The molecule has 1 unspecified atom stereocenters. The first kappa shape index (κ1) is 11.5. The summed E-state index contributed by atoms with van der Waals surface area (Å²) in [5, 5.41) is 0. The van der Waals surface area contributed by atoms with Crippen LogP contribution >= 0.6 is 0 Å². The van der Waals surface area contributed by atoms with Crippen molar-refractivity contribution in [2.24, 2.45) is 0 Å². The number of hydrogen-bond acceptors (Lipinski definition) is 5. The predicted molar refractivity (Wildman–Crippen MR) is 64.0 cm³/mol. The highest BCUT2D eigenvalue weighted by Gasteiger charge is 2.30. The highest BCUT2D eigenvalue weighted by atomic mass is 32.2. The van der Waals surface area contributed by atoms with E-state index in [1.54, 1.807) is 18.2 Å². The summed E-state index contributed by atoms with van der Waals surface area (Å²) >= 11 is 0. The molecule has 1 atom stereocenters. The minimum Gasteiger partial charge on any atom is -0.489 e. The van der Waals surface area contributed by atoms with E-state index < -0.39 is 9.84 Å². The summed E-state index contributed by atoms with van der Waals surface area (Å²) < 4.78 is 33.4. The molecule has 1 aromatic rings. The summed E-state index contributed by atoms with van der Waals surface area (Å²) in [4.78, 5) is 11.4. The molecule has 6 heteroatoms. The Bertz CT molecular complexity index is 605. The third-order valence-electron chi connectivity index (χ3n) is 3.11. The maximum atomic E-state index is 11.4. The molecule has 5 nitrogen and oxygen atoms in total. The Kier molecular flexibility index (Phi) is 2.55. The first-order chi connectivity index (χ1) is 8.53. The maximum absolute atomic E-state index is 11.4. The number of ether oxygens (including phenoxy) is 2. The number of benzene rings is 1. The zero-order chi connectivity index (χ0) is 12.8. The molecule has 96 valence electrons. The second-order valence-electron chi connectivity index (χ2n) is 4.51. The van der Waals surface area contributed by atoms with Crippen LogP contribution in [0, 0.1) is 0 Å². The van der Waals surface area contributed by atoms with Gasteiger partial charge in [-0.2, -0.15) is 0 Å². The molecule has 1 aromatic carbocycles. The normalized spacial score (nSPS) is 24.7. The predicted octanol–water partition coefficient (Wildman–Crippen LogP) is 0.828. The van der Waals surface area contributed by atoms with Crippen molar-refractivity contribution >= 4 is 15.6 Å². The lowest BCUT2D eigenvalue weighted by Gasteiger charge is -2.12. The highest BCUT2D eigenvalue weighted by molar-refractivity contribution is 7.91. The van der Waals surface area contributed by atoms with Crippen LogP contribution in [0.2, 0.25) is 0 Å². The Morgan fingerprint density at radius 1 is 1.33 bits per heavy atom. The summed E-state index contributed by atoms with van der Waals surface area (Å²) in [5.41, 5.74) is 0.557. The molecule has 1 fully saturated rings. The van der Waals surface area contributed by atoms with Crippen LogP contribution in [0.25, 0.3) is 0 Å². The van der Waals surface area contributed by atoms with Crippen LogP contribution < -0.4 is 9.47 Å². The molecule has 0 radical (unpaired) electrons. The lowest BCUT2D eigenvalue weighted by Crippen LogP contribution is -2.17. The van der Waals surface area contributed by atoms with E-state index in [1.165, 1.54) is 0 Å². The molecule has 1 saturated heterocycles. The number of rotatable bonds is 2. The van der Waals surface area contributed by atoms with E-state index in [0.717, 1.165) is 0 Å². The summed E-state index contributed by atoms with van der Waals surface area (Å²) in [5.74, 6) is 1.26. The first-order valence-electron chi connectivity index (χ1n) is 5.71. The molecule has 0 N–H and O–H groups in total. The van der Waals surface area contributed by atoms with Crippen molar-refractivity contribution in [1.29, 1.82) is 0 Å². The van der Waals surface area contributed by atoms with Gasteiger partial charge in [-0.15, -0.1) is 0 Å². The molecule has 2 aliphatic rings. The molecule has 2 heterocycles. The third kappa shape index (κ3) is 2.08. The van der Waals surface area contributed by atoms with Crippen molar-refractivity contribution in [3.63, 3.8) is 0 Å². The van der Waals surface area contributed by atoms with Gasteiger partial charge in [-0.25, -0.2) is 8.42 Å². The second kappa shape index (κ2) is 3.98. The lowest BCUT2D eigenvalue weighted by atomic mass is 10.1. The summed E-state index contributed by atoms with van der Waals surface area (Å²) in [6.07, 6.45) is 0.212. The van der Waals surface area contributed by atoms with Crippen molar-refractivity contribution in [3.8, 4) is 11.5 Å². The molecule has 2 aliphatic heterocycles. The van der Waals surface area contributed by atoms with Crippen molar-refractivity contribution in [2.75, 3.05) is 18.1 Å². The zero-order valence-electron chi connectivity index (χ0n) is 9.59. The summed E-state index contributed by atoms with van der Waals surface area (Å²) in [7, 11) is -2.95. The molecule has 0 amide bonds. The Morgan fingerprint density at radius 2 is 2.17 bits per heavy atom. The van der Waals surface area contributed by atoms with E-state index in [1.807, 2.05) is 0 Å². The number of Topliss-reactive ketones (excluding diaryl/α,β-unsaturated/α-hetero) is 1. The monoisotopic (exact) mass is 268 g/mol. The zero-order valence-corrected chi connectivity index (χ0v) is 10.4. The molecule has 0 aliphatic carbocycles. The van der Waals surface area contributed by atoms with Crippen LogP contribution in [-0.4, -0.2) is 38.4 Å². The van der Waals surface area contributed by atoms with Crippen LogP contribution in [0.3, 0.4) is 0 Å². The van der Waals surface area contributed by atoms with E-state index in [0.29, 0.717) is 23.5 Å². The molecule has 0 saturated carbocycles. The average molecular weight is 268 g/mol. The van der Waals surface area contributed by atoms with Crippen molar-refractivity contribution in [2.45, 2.75) is 12.5 Å². The van der Waals surface area contributed by atoms with Gasteiger partial charge in [0.05, 0.1) is 17.1 Å². The van der Waals surface area contributed by atoms with Gasteiger partial charge in [0, 0.05) is 6.07 Å². The van der Waals surface area contributed by atoms with Crippen molar-refractivity contribution < 1.29 is 22.7 Å². The van der Waals surface area contributed by atoms with E-state index >= 15 is 0 Å². The maximum Gasteiger partial charge on any atom is 0.203 e. The van der Waals surface area contributed by atoms with Crippen LogP contribution in [0.4, 0.5) is 0 Å². The minimum atomic E-state index is -2.95. The molecule has 0 aromatic heterocycles. The first-order valence-corrected chi connectivity index (χ1v) is 7.53. The number of hydrogen-bond donors (Lipinski definition) is 0. The van der Waals surface area contributed by atoms with Gasteiger partial charge >= 0.3 is 0 Å². The number of ketones is 1. The number of sulfone groups is 1. The molecule has 3 rings (SSSR count). The Morgan fingerprint density at radius 3 is 2.89 bits per heavy atom. The number of carbonyl (C=O) groups excluding carboxylic acids is 1. The van der Waals surface area contributed by atoms with Gasteiger partial charge in [-0.3, -0.25) is 4.79 Å². The lowest BCUT2D eigenvalue weighted by molar-refractivity contribution is 0.0961. The summed E-state index contributed by atoms with van der Waals surface area (Å²) in [6.45, 7) is 0.0661. The van der Waals surface area contributed by atoms with Crippen LogP contribution in [0.1, 0.15) is 16.8 Å². The molecular weight excluding hydrogens is 256 g/mol. The molecule has 0 bridgehead atoms. The van der Waals surface area contributed by atoms with Crippen LogP contribution in [0.5, 0.6) is 11.5 Å². The smallest absolute Gasteiger partial charge is 0.203 e. The van der Waals surface area contributed by atoms with Crippen molar-refractivity contribution in [1.82, 2.24) is 0 Å². The Labute approximate surface area is 105 Å². The fourth-order valence-corrected chi connectivity index (χ4v) is 3.78. The summed E-state index contributed by atoms with van der Waals surface area (Å²) in [6, 6.07) is 4.98. The third-order valence-corrected chi connectivity index (χ3v) is 4.84. The second-order valence-corrected chi connectivity index (χ2v) is 6.74. The number of fused-ring (bicyclic) bond motifs is 1. The van der Waals surface area contributed by atoms with Gasteiger partial charge in [0.1, 0.15) is 17.6 Å². The van der Waals surface area contributed by atoms with Gasteiger partial charge in [-0.05, 0) is 18.6 Å². The van der Waals surface area contributed by atoms with Gasteiger partial charge in [0.25, 0.3) is 0 Å². The van der Waals surface area contributed by atoms with Gasteiger partial charge in [0.2, 0.25) is 5.78 Å². The minimum absolute atomic E-state index is 0.0417. The van der Waals surface area contributed by atoms with E-state index in [-0.39, 0.29) is 30.0 Å². The Hall–Kier alpha value is -1.56. The van der Waals surface area contributed by atoms with E-state index in [4.69, 9.17) is 9.47 Å². The standard InChI is InChI=1S/C12H12O5S/c13-11-6-16-12-5-8(1-2-10(11)12)17-9-3-4-18(14,15)7-9/h1-2,5,9H,3-4,6-7H2. The quantitative estimate of drug-likeness (QED) is 0.794. The van der Waals surface area contributed by atoms with Crippen molar-refractivity contribution in [3.05, 3.63) is 23.8 Å². The average Bonchev–Trinajstić information content (AvgIpc) is 2.83. The van der Waals surface area contributed by atoms with Gasteiger partial charge in [0.15, 0.2) is 16.4 Å². The SMILES string of the molecule is O=C1COc2cc(OC3CCS(=O)(=O)C3)ccc21. The van der Waals surface area contributed by atoms with Gasteiger partial charge in [-0.1, -0.05) is 0 Å².